The average Bonchev–Trinajstić information content (AvgIpc) is 3.00. The Morgan fingerprint density at radius 1 is 1.11 bits per heavy atom. The van der Waals surface area contributed by atoms with Crippen molar-refractivity contribution in [3.8, 4) is 0 Å². The topological polar surface area (TPSA) is 20.3 Å². The molecule has 1 saturated heterocycles. The SMILES string of the molecule is CCC1CCC(C(=O)C(C)(CC)N2CCCC2)CC1. The Hall–Kier alpha value is -0.370. The number of carbonyl (C=O) groups excluding carboxylic acids is 1. The molecular weight excluding hydrogens is 234 g/mol. The third kappa shape index (κ3) is 3.04. The van der Waals surface area contributed by atoms with Gasteiger partial charge in [0.25, 0.3) is 0 Å². The Kier molecular flexibility index (Phi) is 5.05. The summed E-state index contributed by atoms with van der Waals surface area (Å²) in [6, 6.07) is 0. The van der Waals surface area contributed by atoms with Gasteiger partial charge in [0.15, 0.2) is 5.78 Å². The van der Waals surface area contributed by atoms with Crippen LogP contribution in [-0.4, -0.2) is 29.3 Å². The van der Waals surface area contributed by atoms with E-state index in [0.717, 1.165) is 38.3 Å². The highest BCUT2D eigenvalue weighted by molar-refractivity contribution is 5.90. The van der Waals surface area contributed by atoms with Crippen molar-refractivity contribution < 1.29 is 4.79 Å². The first-order valence-electron chi connectivity index (χ1n) is 8.41. The number of Topliss-reactive ketones (excluding diaryl/α,β-unsaturated/α-hetero) is 1. The summed E-state index contributed by atoms with van der Waals surface area (Å²) < 4.78 is 0. The standard InChI is InChI=1S/C17H31NO/c1-4-14-8-10-15(11-9-14)16(19)17(3,5-2)18-12-6-7-13-18/h14-15H,4-13H2,1-3H3. The molecule has 0 amide bonds. The molecule has 0 aromatic carbocycles. The van der Waals surface area contributed by atoms with Gasteiger partial charge in [-0.1, -0.05) is 20.3 Å². The summed E-state index contributed by atoms with van der Waals surface area (Å²) in [5.74, 6) is 1.77. The van der Waals surface area contributed by atoms with Gasteiger partial charge in [0.2, 0.25) is 0 Å². The van der Waals surface area contributed by atoms with Crippen molar-refractivity contribution >= 4 is 5.78 Å². The molecular formula is C17H31NO. The van der Waals surface area contributed by atoms with Gasteiger partial charge in [-0.25, -0.2) is 0 Å². The van der Waals surface area contributed by atoms with E-state index in [4.69, 9.17) is 0 Å². The average molecular weight is 265 g/mol. The molecule has 1 heterocycles. The lowest BCUT2D eigenvalue weighted by Crippen LogP contribution is -2.53. The van der Waals surface area contributed by atoms with Crippen molar-refractivity contribution in [3.63, 3.8) is 0 Å². The van der Waals surface area contributed by atoms with E-state index in [-0.39, 0.29) is 5.54 Å². The van der Waals surface area contributed by atoms with Crippen LogP contribution in [0.1, 0.15) is 72.1 Å². The van der Waals surface area contributed by atoms with Crippen molar-refractivity contribution in [2.24, 2.45) is 11.8 Å². The number of likely N-dealkylation sites (tertiary alicyclic amines) is 1. The van der Waals surface area contributed by atoms with E-state index in [9.17, 15) is 4.79 Å². The van der Waals surface area contributed by atoms with E-state index < -0.39 is 0 Å². The molecule has 2 fully saturated rings. The van der Waals surface area contributed by atoms with Gasteiger partial charge < -0.3 is 0 Å². The smallest absolute Gasteiger partial charge is 0.155 e. The largest absolute Gasteiger partial charge is 0.297 e. The second kappa shape index (κ2) is 6.39. The van der Waals surface area contributed by atoms with Crippen LogP contribution >= 0.6 is 0 Å². The van der Waals surface area contributed by atoms with Crippen molar-refractivity contribution in [1.29, 1.82) is 0 Å². The molecule has 1 aliphatic carbocycles. The summed E-state index contributed by atoms with van der Waals surface area (Å²) in [5.41, 5.74) is -0.180. The summed E-state index contributed by atoms with van der Waals surface area (Å²) in [6.45, 7) is 8.93. The van der Waals surface area contributed by atoms with Gasteiger partial charge in [0.05, 0.1) is 5.54 Å². The minimum absolute atomic E-state index is 0.180. The van der Waals surface area contributed by atoms with Gasteiger partial charge in [-0.05, 0) is 70.9 Å². The van der Waals surface area contributed by atoms with Crippen LogP contribution < -0.4 is 0 Å². The molecule has 2 rings (SSSR count). The zero-order chi connectivity index (χ0) is 13.9. The van der Waals surface area contributed by atoms with E-state index >= 15 is 0 Å². The molecule has 0 radical (unpaired) electrons. The Morgan fingerprint density at radius 2 is 1.68 bits per heavy atom. The quantitative estimate of drug-likeness (QED) is 0.748. The molecule has 0 N–H and O–H groups in total. The van der Waals surface area contributed by atoms with Crippen LogP contribution in [0.15, 0.2) is 0 Å². The number of ketones is 1. The molecule has 0 spiro atoms. The summed E-state index contributed by atoms with van der Waals surface area (Å²) in [6.07, 6.45) is 9.62. The van der Waals surface area contributed by atoms with E-state index in [1.165, 1.54) is 32.1 Å². The molecule has 2 aliphatic rings. The van der Waals surface area contributed by atoms with Crippen LogP contribution in [0.5, 0.6) is 0 Å². The molecule has 0 aromatic heterocycles. The number of hydrogen-bond donors (Lipinski definition) is 0. The fourth-order valence-electron chi connectivity index (χ4n) is 4.04. The minimum Gasteiger partial charge on any atom is -0.297 e. The lowest BCUT2D eigenvalue weighted by atomic mass is 9.73. The Balaban J connectivity index is 2.00. The molecule has 2 heteroatoms. The zero-order valence-corrected chi connectivity index (χ0v) is 13.1. The van der Waals surface area contributed by atoms with Crippen LogP contribution in [-0.2, 0) is 4.79 Å². The van der Waals surface area contributed by atoms with Gasteiger partial charge in [-0.3, -0.25) is 9.69 Å². The number of rotatable bonds is 5. The highest BCUT2D eigenvalue weighted by Crippen LogP contribution is 2.36. The lowest BCUT2D eigenvalue weighted by molar-refractivity contribution is -0.135. The number of nitrogens with zero attached hydrogens (tertiary/aromatic N) is 1. The Morgan fingerprint density at radius 3 is 2.16 bits per heavy atom. The molecule has 0 bridgehead atoms. The van der Waals surface area contributed by atoms with Gasteiger partial charge >= 0.3 is 0 Å². The zero-order valence-electron chi connectivity index (χ0n) is 13.1. The highest BCUT2D eigenvalue weighted by atomic mass is 16.1. The molecule has 1 aliphatic heterocycles. The number of hydrogen-bond acceptors (Lipinski definition) is 2. The van der Waals surface area contributed by atoms with Crippen molar-refractivity contribution in [2.75, 3.05) is 13.1 Å². The van der Waals surface area contributed by atoms with Gasteiger partial charge in [-0.2, -0.15) is 0 Å². The molecule has 1 saturated carbocycles. The molecule has 1 unspecified atom stereocenters. The van der Waals surface area contributed by atoms with Crippen LogP contribution in [0.4, 0.5) is 0 Å². The van der Waals surface area contributed by atoms with Crippen LogP contribution in [0.3, 0.4) is 0 Å². The molecule has 19 heavy (non-hydrogen) atoms. The first-order chi connectivity index (χ1) is 9.11. The fourth-order valence-corrected chi connectivity index (χ4v) is 4.04. The monoisotopic (exact) mass is 265 g/mol. The molecule has 2 nitrogen and oxygen atoms in total. The summed E-state index contributed by atoms with van der Waals surface area (Å²) >= 11 is 0. The Bertz CT molecular complexity index is 300. The maximum atomic E-state index is 13.0. The Labute approximate surface area is 118 Å². The van der Waals surface area contributed by atoms with E-state index in [0.29, 0.717) is 11.7 Å². The molecule has 1 atom stereocenters. The summed E-state index contributed by atoms with van der Waals surface area (Å²) in [4.78, 5) is 15.5. The summed E-state index contributed by atoms with van der Waals surface area (Å²) in [7, 11) is 0. The lowest BCUT2D eigenvalue weighted by Gasteiger charge is -2.40. The third-order valence-corrected chi connectivity index (χ3v) is 5.82. The first-order valence-corrected chi connectivity index (χ1v) is 8.41. The van der Waals surface area contributed by atoms with E-state index in [1.54, 1.807) is 0 Å². The third-order valence-electron chi connectivity index (χ3n) is 5.82. The van der Waals surface area contributed by atoms with Crippen LogP contribution in [0.2, 0.25) is 0 Å². The van der Waals surface area contributed by atoms with Crippen molar-refractivity contribution in [2.45, 2.75) is 77.7 Å². The van der Waals surface area contributed by atoms with E-state index in [2.05, 4.69) is 25.7 Å². The van der Waals surface area contributed by atoms with Crippen LogP contribution in [0.25, 0.3) is 0 Å². The minimum atomic E-state index is -0.180. The molecule has 110 valence electrons. The highest BCUT2D eigenvalue weighted by Gasteiger charge is 2.42. The maximum absolute atomic E-state index is 13.0. The van der Waals surface area contributed by atoms with Crippen molar-refractivity contribution in [3.05, 3.63) is 0 Å². The number of carbonyl (C=O) groups is 1. The second-order valence-corrected chi connectivity index (χ2v) is 6.81. The van der Waals surface area contributed by atoms with E-state index in [1.807, 2.05) is 0 Å². The maximum Gasteiger partial charge on any atom is 0.155 e. The first kappa shape index (κ1) is 15.0. The fraction of sp³-hybridized carbons (Fsp3) is 0.941. The predicted octanol–water partition coefficient (Wildman–Crippen LogP) is 4.04. The second-order valence-electron chi connectivity index (χ2n) is 6.81. The van der Waals surface area contributed by atoms with Gasteiger partial charge in [-0.15, -0.1) is 0 Å². The van der Waals surface area contributed by atoms with Gasteiger partial charge in [0, 0.05) is 5.92 Å². The predicted molar refractivity (Wildman–Crippen MR) is 80.2 cm³/mol. The van der Waals surface area contributed by atoms with Crippen LogP contribution in [0, 0.1) is 11.8 Å². The van der Waals surface area contributed by atoms with Crippen molar-refractivity contribution in [1.82, 2.24) is 4.90 Å². The normalized spacial score (nSPS) is 32.2. The molecule has 0 aromatic rings. The van der Waals surface area contributed by atoms with Gasteiger partial charge in [0.1, 0.15) is 0 Å². The summed E-state index contributed by atoms with van der Waals surface area (Å²) in [5, 5.41) is 0.